The van der Waals surface area contributed by atoms with E-state index in [0.717, 1.165) is 73.2 Å². The second kappa shape index (κ2) is 25.6. The summed E-state index contributed by atoms with van der Waals surface area (Å²) in [7, 11) is 0. The average Bonchev–Trinajstić information content (AvgIpc) is 1.47. The van der Waals surface area contributed by atoms with Gasteiger partial charge in [-0.15, -0.1) is 11.3 Å². The van der Waals surface area contributed by atoms with Crippen LogP contribution >= 0.6 is 11.3 Å². The van der Waals surface area contributed by atoms with Crippen LogP contribution in [0.2, 0.25) is 0 Å². The summed E-state index contributed by atoms with van der Waals surface area (Å²) in [5, 5.41) is 14.8. The highest BCUT2D eigenvalue weighted by atomic mass is 32.1. The first-order valence-electron chi connectivity index (χ1n) is 42.1. The quantitative estimate of drug-likeness (QED) is 0.142. The molecule has 1 aliphatic heterocycles. The Kier molecular flexibility index (Phi) is 14.1. The lowest BCUT2D eigenvalue weighted by Gasteiger charge is -2.45. The number of benzene rings is 19. The van der Waals surface area contributed by atoms with Crippen molar-refractivity contribution in [2.45, 2.75) is 5.41 Å². The second-order valence-electron chi connectivity index (χ2n) is 33.0. The van der Waals surface area contributed by atoms with Gasteiger partial charge in [-0.3, -0.25) is 0 Å². The highest BCUT2D eigenvalue weighted by Crippen LogP contribution is 2.65. The Labute approximate surface area is 705 Å². The zero-order chi connectivity index (χ0) is 79.6. The largest absolute Gasteiger partial charge is 0.310 e. The van der Waals surface area contributed by atoms with Crippen LogP contribution in [0.25, 0.3) is 202 Å². The minimum absolute atomic E-state index is 0.779. The summed E-state index contributed by atoms with van der Waals surface area (Å²) in [4.78, 5) is 2.49. The van der Waals surface area contributed by atoms with Crippen molar-refractivity contribution >= 4 is 158 Å². The fourth-order valence-electron chi connectivity index (χ4n) is 21.6. The molecule has 0 N–H and O–H groups in total. The van der Waals surface area contributed by atoms with Gasteiger partial charge in [-0.2, -0.15) is 0 Å². The molecule has 6 nitrogen and oxygen atoms in total. The predicted molar refractivity (Wildman–Crippen MR) is 513 cm³/mol. The molecular weight excluding hydrogens is 1500 g/mol. The zero-order valence-electron chi connectivity index (χ0n) is 66.0. The summed E-state index contributed by atoms with van der Waals surface area (Å²) < 4.78 is 15.0. The number of aromatic nitrogens is 5. The van der Waals surface area contributed by atoms with E-state index in [4.69, 9.17) is 0 Å². The highest BCUT2D eigenvalue weighted by Gasteiger charge is 2.53. The molecule has 27 rings (SSSR count). The average molecular weight is 1570 g/mol. The van der Waals surface area contributed by atoms with Crippen molar-refractivity contribution in [2.75, 3.05) is 4.90 Å². The fraction of sp³-hybridized carbons (Fsp3) is 0.00870. The molecule has 0 unspecified atom stereocenters. The number of hydrogen-bond donors (Lipinski definition) is 0. The van der Waals surface area contributed by atoms with Crippen LogP contribution < -0.4 is 4.90 Å². The van der Waals surface area contributed by atoms with Crippen LogP contribution in [0, 0.1) is 0 Å². The van der Waals surface area contributed by atoms with Crippen LogP contribution in [0.15, 0.2) is 425 Å². The Bertz CT molecular complexity index is 8650. The van der Waals surface area contributed by atoms with Crippen LogP contribution in [0.1, 0.15) is 22.3 Å². The Morgan fingerprint density at radius 3 is 0.943 bits per heavy atom. The molecule has 25 aromatic rings. The molecule has 122 heavy (non-hydrogen) atoms. The van der Waals surface area contributed by atoms with Crippen LogP contribution in [-0.4, -0.2) is 22.8 Å². The summed E-state index contributed by atoms with van der Waals surface area (Å²) in [6.07, 6.45) is 0. The Hall–Kier alpha value is -15.8. The maximum absolute atomic E-state index is 2.60. The van der Waals surface area contributed by atoms with Crippen molar-refractivity contribution in [3.63, 3.8) is 0 Å². The molecular formula is C115H70N6S. The van der Waals surface area contributed by atoms with E-state index < -0.39 is 5.41 Å². The summed E-state index contributed by atoms with van der Waals surface area (Å²) in [6, 6.07) is 160. The van der Waals surface area contributed by atoms with Crippen molar-refractivity contribution in [1.82, 2.24) is 22.8 Å². The zero-order valence-corrected chi connectivity index (χ0v) is 66.8. The number of para-hydroxylation sites is 8. The van der Waals surface area contributed by atoms with Crippen molar-refractivity contribution in [3.05, 3.63) is 447 Å². The Morgan fingerprint density at radius 2 is 0.467 bits per heavy atom. The second-order valence-corrected chi connectivity index (χ2v) is 34.1. The number of thiophene rings is 1. The van der Waals surface area contributed by atoms with E-state index in [1.165, 1.54) is 168 Å². The molecule has 0 amide bonds. The number of hydrogen-bond acceptors (Lipinski definition) is 2. The lowest BCUT2D eigenvalue weighted by atomic mass is 9.64. The summed E-state index contributed by atoms with van der Waals surface area (Å²) >= 11 is 1.89. The molecule has 0 atom stereocenters. The monoisotopic (exact) mass is 1570 g/mol. The topological polar surface area (TPSA) is 27.9 Å². The van der Waals surface area contributed by atoms with E-state index in [1.54, 1.807) is 0 Å². The smallest absolute Gasteiger partial charge is 0.0755 e. The maximum atomic E-state index is 2.60. The molecule has 0 bridgehead atoms. The molecule has 1 spiro atoms. The first-order chi connectivity index (χ1) is 60.5. The van der Waals surface area contributed by atoms with E-state index >= 15 is 0 Å². The third-order valence-corrected chi connectivity index (χ3v) is 27.9. The Morgan fingerprint density at radius 1 is 0.164 bits per heavy atom. The number of nitrogens with zero attached hydrogens (tertiary/aromatic N) is 6. The maximum Gasteiger partial charge on any atom is 0.0755 e. The lowest BCUT2D eigenvalue weighted by Crippen LogP contribution is -2.36. The van der Waals surface area contributed by atoms with E-state index in [1.807, 2.05) is 11.3 Å². The lowest BCUT2D eigenvalue weighted by molar-refractivity contribution is 0.754. The Balaban J connectivity index is 0.643. The van der Waals surface area contributed by atoms with Crippen LogP contribution in [0.5, 0.6) is 0 Å². The fourth-order valence-corrected chi connectivity index (χ4v) is 22.8. The summed E-state index contributed by atoms with van der Waals surface area (Å²) in [5.74, 6) is 0. The SMILES string of the molecule is c1ccc(-c2ccc(-n3c4ccc(-c5cccc(-n6c7ccccc7c7cc8c(cc76)C6(c7cc9c(cc7-8)c7ccccc7n9-c7cccc(-c8ccccc8)c7)c7ccccc7N(c7ccccc7)c7ccccc76)c5)cc4c4cc5c(cc43)sc3cc4c(cc35)c3ccccc3n4-c3ccc(-n4c5ccccc5c5ccccc54)cc3)cc2)cc1. The molecule has 1 aliphatic carbocycles. The van der Waals surface area contributed by atoms with Crippen LogP contribution in [0.3, 0.4) is 0 Å². The third-order valence-electron chi connectivity index (χ3n) is 26.8. The van der Waals surface area contributed by atoms with Gasteiger partial charge in [-0.05, 0) is 243 Å². The van der Waals surface area contributed by atoms with Gasteiger partial charge in [0.25, 0.3) is 0 Å². The number of rotatable bonds is 9. The molecule has 19 aromatic carbocycles. The first-order valence-corrected chi connectivity index (χ1v) is 42.9. The van der Waals surface area contributed by atoms with Crippen molar-refractivity contribution in [2.24, 2.45) is 0 Å². The standard InChI is InChI=1S/C115H70N6S/c1-4-26-71(27-5-1)73-50-53-78(54-51-73)118-106-59-52-76(62-90(106)94-66-96-95-65-93-87-40-12-19-45-103(87)117(111(93)69-113(95)122-114(96)70-112(94)118)80-57-55-79(56-58-80)116-101-43-17-10-36-83(101)84-37-11-18-44-102(84)116)75-31-25-35-82(61-75)121-105-47-21-14-39-86(105)92-64-89-88-63-91-85-38-13-20-46-104(85)120(81-34-24-30-74(60-81)72-28-6-2-7-29-72)109(91)67-99(88)115(100(89)68-110(92)121)97-41-15-22-48-107(97)119(77-32-8-3-9-33-77)108-49-23-16-42-98(108)115/h1-70H. The van der Waals surface area contributed by atoms with Crippen molar-refractivity contribution < 1.29 is 0 Å². The molecule has 7 heterocycles. The normalized spacial score (nSPS) is 13.0. The number of anilines is 3. The van der Waals surface area contributed by atoms with Gasteiger partial charge in [0.05, 0.1) is 72.0 Å². The molecule has 0 saturated carbocycles. The van der Waals surface area contributed by atoms with E-state index in [0.29, 0.717) is 0 Å². The van der Waals surface area contributed by atoms with Gasteiger partial charge < -0.3 is 27.7 Å². The van der Waals surface area contributed by atoms with Crippen molar-refractivity contribution in [1.29, 1.82) is 0 Å². The molecule has 0 fully saturated rings. The molecule has 566 valence electrons. The molecule has 6 aromatic heterocycles. The molecule has 2 aliphatic rings. The van der Waals surface area contributed by atoms with Gasteiger partial charge in [0, 0.05) is 108 Å². The third kappa shape index (κ3) is 9.48. The van der Waals surface area contributed by atoms with E-state index in [-0.39, 0.29) is 0 Å². The van der Waals surface area contributed by atoms with Gasteiger partial charge >= 0.3 is 0 Å². The highest BCUT2D eigenvalue weighted by molar-refractivity contribution is 7.26. The van der Waals surface area contributed by atoms with E-state index in [2.05, 4.69) is 452 Å². The molecule has 7 heteroatoms. The van der Waals surface area contributed by atoms with Crippen LogP contribution in [-0.2, 0) is 5.41 Å². The van der Waals surface area contributed by atoms with Crippen LogP contribution in [0.4, 0.5) is 17.1 Å². The van der Waals surface area contributed by atoms with Gasteiger partial charge in [-0.1, -0.05) is 249 Å². The van der Waals surface area contributed by atoms with E-state index in [9.17, 15) is 0 Å². The summed E-state index contributed by atoms with van der Waals surface area (Å²) in [6.45, 7) is 0. The van der Waals surface area contributed by atoms with Gasteiger partial charge in [-0.25, -0.2) is 0 Å². The van der Waals surface area contributed by atoms with Gasteiger partial charge in [0.2, 0.25) is 0 Å². The van der Waals surface area contributed by atoms with Gasteiger partial charge in [0.1, 0.15) is 0 Å². The molecule has 0 radical (unpaired) electrons. The summed E-state index contributed by atoms with van der Waals surface area (Å²) in [5.41, 5.74) is 34.6. The van der Waals surface area contributed by atoms with Crippen molar-refractivity contribution in [3.8, 4) is 72.9 Å². The predicted octanol–water partition coefficient (Wildman–Crippen LogP) is 30.7. The number of fused-ring (bicyclic) bond motifs is 27. The minimum Gasteiger partial charge on any atom is -0.310 e. The minimum atomic E-state index is -0.779. The van der Waals surface area contributed by atoms with Gasteiger partial charge in [0.15, 0.2) is 0 Å². The first kappa shape index (κ1) is 67.3. The molecule has 0 saturated heterocycles.